The highest BCUT2D eigenvalue weighted by Gasteiger charge is 2.33. The maximum absolute atomic E-state index is 13.0. The predicted molar refractivity (Wildman–Crippen MR) is 121 cm³/mol. The van der Waals surface area contributed by atoms with Crippen molar-refractivity contribution in [3.05, 3.63) is 53.4 Å². The number of fused-ring (bicyclic) bond motifs is 1. The van der Waals surface area contributed by atoms with Gasteiger partial charge in [-0.2, -0.15) is 0 Å². The second-order valence-corrected chi connectivity index (χ2v) is 8.93. The summed E-state index contributed by atoms with van der Waals surface area (Å²) < 4.78 is 0. The van der Waals surface area contributed by atoms with Gasteiger partial charge in [0.1, 0.15) is 5.15 Å². The number of halogens is 1. The van der Waals surface area contributed by atoms with Crippen LogP contribution in [0.2, 0.25) is 5.15 Å². The van der Waals surface area contributed by atoms with Crippen LogP contribution in [-0.2, 0) is 0 Å². The maximum Gasteiger partial charge on any atom is 0.169 e. The van der Waals surface area contributed by atoms with Crippen LogP contribution in [-0.4, -0.2) is 27.8 Å². The number of nitrogens with one attached hydrogen (secondary N) is 1. The maximum atomic E-state index is 13.0. The van der Waals surface area contributed by atoms with Crippen LogP contribution in [0.15, 0.2) is 42.7 Å². The van der Waals surface area contributed by atoms with Crippen LogP contribution in [0.25, 0.3) is 22.0 Å². The fraction of sp³-hybridized carbons (Fsp3) is 0.375. The lowest BCUT2D eigenvalue weighted by molar-refractivity contribution is 0.0968. The molecule has 0 unspecified atom stereocenters. The summed E-state index contributed by atoms with van der Waals surface area (Å²) in [4.78, 5) is 21.7. The van der Waals surface area contributed by atoms with Crippen molar-refractivity contribution in [2.24, 2.45) is 11.7 Å². The number of benzene rings is 1. The molecule has 2 aliphatic carbocycles. The smallest absolute Gasteiger partial charge is 0.169 e. The molecule has 1 aromatic carbocycles. The Bertz CT molecular complexity index is 1100. The summed E-state index contributed by atoms with van der Waals surface area (Å²) in [5.41, 5.74) is 10.6. The zero-order chi connectivity index (χ0) is 20.7. The Balaban J connectivity index is 1.60. The Labute approximate surface area is 181 Å². The van der Waals surface area contributed by atoms with Crippen molar-refractivity contribution >= 4 is 34.0 Å². The average Bonchev–Trinajstić information content (AvgIpc) is 3.60. The van der Waals surface area contributed by atoms with Crippen molar-refractivity contribution in [1.82, 2.24) is 9.97 Å². The summed E-state index contributed by atoms with van der Waals surface area (Å²) in [6, 6.07) is 10.5. The van der Waals surface area contributed by atoms with Crippen LogP contribution in [0.4, 0.5) is 5.69 Å². The summed E-state index contributed by atoms with van der Waals surface area (Å²) in [5.74, 6) is 0.350. The Hall–Kier alpha value is -2.50. The molecule has 5 nitrogen and oxygen atoms in total. The molecule has 2 fully saturated rings. The molecule has 3 N–H and O–H groups in total. The van der Waals surface area contributed by atoms with Gasteiger partial charge in [0.15, 0.2) is 5.78 Å². The summed E-state index contributed by atoms with van der Waals surface area (Å²) in [6.45, 7) is 0. The van der Waals surface area contributed by atoms with E-state index in [-0.39, 0.29) is 17.7 Å². The Kier molecular flexibility index (Phi) is 5.17. The van der Waals surface area contributed by atoms with Crippen LogP contribution in [0, 0.1) is 5.92 Å². The van der Waals surface area contributed by atoms with E-state index in [0.717, 1.165) is 66.2 Å². The van der Waals surface area contributed by atoms with Crippen LogP contribution >= 0.6 is 11.6 Å². The van der Waals surface area contributed by atoms with Gasteiger partial charge in [0.25, 0.3) is 0 Å². The number of nitrogens with two attached hydrogens (primary N) is 1. The number of aromatic nitrogens is 2. The van der Waals surface area contributed by atoms with Crippen molar-refractivity contribution in [2.75, 3.05) is 5.32 Å². The first-order chi connectivity index (χ1) is 14.6. The topological polar surface area (TPSA) is 80.9 Å². The van der Waals surface area contributed by atoms with Crippen LogP contribution in [0.3, 0.4) is 0 Å². The van der Waals surface area contributed by atoms with Crippen molar-refractivity contribution < 1.29 is 4.79 Å². The highest BCUT2D eigenvalue weighted by Crippen LogP contribution is 2.38. The lowest BCUT2D eigenvalue weighted by Gasteiger charge is -2.29. The molecule has 154 valence electrons. The van der Waals surface area contributed by atoms with Gasteiger partial charge in [0.2, 0.25) is 0 Å². The van der Waals surface area contributed by atoms with Crippen LogP contribution in [0.1, 0.15) is 48.9 Å². The third-order valence-electron chi connectivity index (χ3n) is 6.26. The van der Waals surface area contributed by atoms with Gasteiger partial charge in [-0.1, -0.05) is 17.7 Å². The summed E-state index contributed by atoms with van der Waals surface area (Å²) >= 11 is 6.10. The minimum absolute atomic E-state index is 0.145. The number of carbonyl (C=O) groups is 1. The highest BCUT2D eigenvalue weighted by atomic mass is 35.5. The van der Waals surface area contributed by atoms with Gasteiger partial charge in [-0.05, 0) is 73.9 Å². The zero-order valence-electron chi connectivity index (χ0n) is 16.8. The number of nitrogens with zero attached hydrogens (tertiary/aromatic N) is 2. The van der Waals surface area contributed by atoms with Crippen molar-refractivity contribution in [2.45, 2.75) is 50.6 Å². The van der Waals surface area contributed by atoms with Gasteiger partial charge in [-0.3, -0.25) is 9.78 Å². The molecule has 0 spiro atoms. The Morgan fingerprint density at radius 1 is 1.00 bits per heavy atom. The quantitative estimate of drug-likeness (QED) is 0.436. The SMILES string of the molecule is NC1CCC(Nc2c(C(=O)C3CC3)cnc3ccc(-c4ccnc(Cl)c4)cc23)CC1. The third-order valence-corrected chi connectivity index (χ3v) is 6.47. The van der Waals surface area contributed by atoms with E-state index in [9.17, 15) is 4.79 Å². The molecule has 2 heterocycles. The number of ketones is 1. The molecule has 0 aliphatic heterocycles. The van der Waals surface area contributed by atoms with Gasteiger partial charge in [-0.15, -0.1) is 0 Å². The van der Waals surface area contributed by atoms with Crippen molar-refractivity contribution in [1.29, 1.82) is 0 Å². The molecule has 0 amide bonds. The van der Waals surface area contributed by atoms with E-state index < -0.39 is 0 Å². The molecule has 2 saturated carbocycles. The Morgan fingerprint density at radius 2 is 1.77 bits per heavy atom. The lowest BCUT2D eigenvalue weighted by atomic mass is 9.91. The predicted octanol–water partition coefficient (Wildman–Crippen LogP) is 5.22. The van der Waals surface area contributed by atoms with Crippen molar-refractivity contribution in [3.8, 4) is 11.1 Å². The normalized spacial score (nSPS) is 21.5. The summed E-state index contributed by atoms with van der Waals surface area (Å²) in [7, 11) is 0. The fourth-order valence-corrected chi connectivity index (χ4v) is 4.50. The number of hydrogen-bond acceptors (Lipinski definition) is 5. The number of hydrogen-bond donors (Lipinski definition) is 2. The van der Waals surface area contributed by atoms with E-state index in [0.29, 0.717) is 16.8 Å². The molecule has 6 heteroatoms. The second kappa shape index (κ2) is 7.97. The van der Waals surface area contributed by atoms with Gasteiger partial charge >= 0.3 is 0 Å². The molecular formula is C24H25ClN4O. The molecule has 3 aromatic rings. The molecule has 0 saturated heterocycles. The van der Waals surface area contributed by atoms with Crippen LogP contribution in [0.5, 0.6) is 0 Å². The highest BCUT2D eigenvalue weighted by molar-refractivity contribution is 6.29. The first kappa shape index (κ1) is 19.5. The molecule has 2 aromatic heterocycles. The number of carbonyl (C=O) groups excluding carboxylic acids is 1. The van der Waals surface area contributed by atoms with Gasteiger partial charge < -0.3 is 11.1 Å². The molecule has 0 bridgehead atoms. The number of rotatable bonds is 5. The molecule has 30 heavy (non-hydrogen) atoms. The monoisotopic (exact) mass is 420 g/mol. The van der Waals surface area contributed by atoms with E-state index in [1.165, 1.54) is 0 Å². The number of pyridine rings is 2. The first-order valence-electron chi connectivity index (χ1n) is 10.7. The fourth-order valence-electron chi connectivity index (χ4n) is 4.33. The van der Waals surface area contributed by atoms with E-state index in [2.05, 4.69) is 21.4 Å². The van der Waals surface area contributed by atoms with E-state index >= 15 is 0 Å². The molecule has 2 aliphatic rings. The summed E-state index contributed by atoms with van der Waals surface area (Å²) in [5, 5.41) is 5.14. The van der Waals surface area contributed by atoms with E-state index in [4.69, 9.17) is 17.3 Å². The van der Waals surface area contributed by atoms with Gasteiger partial charge in [0, 0.05) is 35.8 Å². The lowest BCUT2D eigenvalue weighted by Crippen LogP contribution is -2.33. The van der Waals surface area contributed by atoms with Gasteiger partial charge in [0.05, 0.1) is 16.8 Å². The summed E-state index contributed by atoms with van der Waals surface area (Å²) in [6.07, 6.45) is 9.46. The Morgan fingerprint density at radius 3 is 2.50 bits per heavy atom. The number of anilines is 1. The zero-order valence-corrected chi connectivity index (χ0v) is 17.5. The largest absolute Gasteiger partial charge is 0.381 e. The van der Waals surface area contributed by atoms with Gasteiger partial charge in [-0.25, -0.2) is 4.98 Å². The van der Waals surface area contributed by atoms with Crippen molar-refractivity contribution in [3.63, 3.8) is 0 Å². The third kappa shape index (κ3) is 3.92. The van der Waals surface area contributed by atoms with E-state index in [1.54, 1.807) is 12.4 Å². The minimum Gasteiger partial charge on any atom is -0.381 e. The second-order valence-electron chi connectivity index (χ2n) is 8.54. The average molecular weight is 421 g/mol. The molecule has 0 radical (unpaired) electrons. The minimum atomic E-state index is 0.145. The molecular weight excluding hydrogens is 396 g/mol. The van der Waals surface area contributed by atoms with E-state index in [1.807, 2.05) is 24.3 Å². The van der Waals surface area contributed by atoms with Crippen LogP contribution < -0.4 is 11.1 Å². The standard InChI is InChI=1S/C24H25ClN4O/c25-22-12-16(9-10-27-22)15-3-8-21-19(11-15)23(29-18-6-4-17(26)5-7-18)20(13-28-21)24(30)14-1-2-14/h3,8-14,17-18H,1-2,4-7,26H2,(H,28,29). The number of Topliss-reactive ketones (excluding diaryl/α,β-unsaturated/α-hetero) is 1. The molecule has 0 atom stereocenters. The first-order valence-corrected chi connectivity index (χ1v) is 11.1. The molecule has 5 rings (SSSR count).